The third-order valence-electron chi connectivity index (χ3n) is 5.11. The Bertz CT molecular complexity index is 758. The lowest BCUT2D eigenvalue weighted by atomic mass is 9.90. The number of amides is 2. The molecule has 1 aliphatic heterocycles. The SMILES string of the molecule is CC(=O)N1CCC(Cc2ccc(C(=O)Nc3ccc(C)cc3)cc2)CC1. The van der Waals surface area contributed by atoms with Crippen molar-refractivity contribution >= 4 is 17.5 Å². The maximum absolute atomic E-state index is 12.4. The van der Waals surface area contributed by atoms with Crippen LogP contribution in [0.2, 0.25) is 0 Å². The molecule has 136 valence electrons. The van der Waals surface area contributed by atoms with E-state index in [0.29, 0.717) is 11.5 Å². The Morgan fingerprint density at radius 2 is 1.62 bits per heavy atom. The van der Waals surface area contributed by atoms with E-state index in [1.165, 1.54) is 11.1 Å². The predicted octanol–water partition coefficient (Wildman–Crippen LogP) is 4.05. The maximum atomic E-state index is 12.4. The first-order valence-electron chi connectivity index (χ1n) is 9.24. The fourth-order valence-corrected chi connectivity index (χ4v) is 3.42. The molecule has 1 aliphatic rings. The van der Waals surface area contributed by atoms with Crippen LogP contribution in [0.1, 0.15) is 41.3 Å². The van der Waals surface area contributed by atoms with Crippen molar-refractivity contribution in [3.63, 3.8) is 0 Å². The Labute approximate surface area is 155 Å². The highest BCUT2D eigenvalue weighted by atomic mass is 16.2. The summed E-state index contributed by atoms with van der Waals surface area (Å²) in [6, 6.07) is 15.7. The highest BCUT2D eigenvalue weighted by Gasteiger charge is 2.20. The molecule has 2 aromatic rings. The molecule has 4 nitrogen and oxygen atoms in total. The molecule has 2 aromatic carbocycles. The highest BCUT2D eigenvalue weighted by Crippen LogP contribution is 2.22. The van der Waals surface area contributed by atoms with E-state index in [1.807, 2.05) is 60.4 Å². The molecule has 0 spiro atoms. The Morgan fingerprint density at radius 1 is 1.00 bits per heavy atom. The highest BCUT2D eigenvalue weighted by molar-refractivity contribution is 6.04. The lowest BCUT2D eigenvalue weighted by Crippen LogP contribution is -2.37. The number of benzene rings is 2. The van der Waals surface area contributed by atoms with Gasteiger partial charge in [-0.05, 0) is 61.9 Å². The molecule has 2 amide bonds. The Balaban J connectivity index is 1.54. The summed E-state index contributed by atoms with van der Waals surface area (Å²) < 4.78 is 0. The number of anilines is 1. The molecule has 0 bridgehead atoms. The summed E-state index contributed by atoms with van der Waals surface area (Å²) in [6.45, 7) is 5.38. The van der Waals surface area contributed by atoms with Gasteiger partial charge in [-0.25, -0.2) is 0 Å². The first kappa shape index (κ1) is 18.2. The number of rotatable bonds is 4. The molecule has 0 aromatic heterocycles. The minimum atomic E-state index is -0.0878. The Hall–Kier alpha value is -2.62. The number of nitrogens with one attached hydrogen (secondary N) is 1. The summed E-state index contributed by atoms with van der Waals surface area (Å²) in [6.07, 6.45) is 3.11. The number of piperidine rings is 1. The molecular formula is C22H26N2O2. The van der Waals surface area contributed by atoms with Gasteiger partial charge in [0.2, 0.25) is 5.91 Å². The van der Waals surface area contributed by atoms with Crippen LogP contribution in [0.15, 0.2) is 48.5 Å². The Kier molecular flexibility index (Phi) is 5.71. The number of aryl methyl sites for hydroxylation is 1. The average Bonchev–Trinajstić information content (AvgIpc) is 2.64. The van der Waals surface area contributed by atoms with Gasteiger partial charge in [0, 0.05) is 31.3 Å². The van der Waals surface area contributed by atoms with Gasteiger partial charge >= 0.3 is 0 Å². The van der Waals surface area contributed by atoms with Gasteiger partial charge in [-0.15, -0.1) is 0 Å². The van der Waals surface area contributed by atoms with Gasteiger partial charge in [-0.3, -0.25) is 9.59 Å². The first-order chi connectivity index (χ1) is 12.5. The van der Waals surface area contributed by atoms with Crippen LogP contribution in [0.25, 0.3) is 0 Å². The van der Waals surface area contributed by atoms with Gasteiger partial charge in [0.1, 0.15) is 0 Å². The summed E-state index contributed by atoms with van der Waals surface area (Å²) in [5.74, 6) is 0.695. The molecular weight excluding hydrogens is 324 g/mol. The lowest BCUT2D eigenvalue weighted by molar-refractivity contribution is -0.130. The van der Waals surface area contributed by atoms with E-state index in [1.54, 1.807) is 6.92 Å². The molecule has 0 unspecified atom stereocenters. The molecule has 4 heteroatoms. The second kappa shape index (κ2) is 8.17. The topological polar surface area (TPSA) is 49.4 Å². The molecule has 0 radical (unpaired) electrons. The summed E-state index contributed by atoms with van der Waals surface area (Å²) in [5.41, 5.74) is 3.89. The Morgan fingerprint density at radius 3 is 2.19 bits per heavy atom. The number of carbonyl (C=O) groups excluding carboxylic acids is 2. The standard InChI is InChI=1S/C22H26N2O2/c1-16-3-9-21(10-4-16)23-22(26)20-7-5-18(6-8-20)15-19-11-13-24(14-12-19)17(2)25/h3-10,19H,11-15H2,1-2H3,(H,23,26). The van der Waals surface area contributed by atoms with Crippen molar-refractivity contribution in [1.29, 1.82) is 0 Å². The van der Waals surface area contributed by atoms with E-state index in [-0.39, 0.29) is 11.8 Å². The van der Waals surface area contributed by atoms with Crippen molar-refractivity contribution in [2.24, 2.45) is 5.92 Å². The van der Waals surface area contributed by atoms with E-state index < -0.39 is 0 Å². The quantitative estimate of drug-likeness (QED) is 0.904. The number of likely N-dealkylation sites (tertiary alicyclic amines) is 1. The van der Waals surface area contributed by atoms with Crippen LogP contribution in [-0.2, 0) is 11.2 Å². The zero-order valence-electron chi connectivity index (χ0n) is 15.5. The monoisotopic (exact) mass is 350 g/mol. The van der Waals surface area contributed by atoms with Gasteiger partial charge in [0.05, 0.1) is 0 Å². The normalized spacial score (nSPS) is 14.9. The average molecular weight is 350 g/mol. The number of nitrogens with zero attached hydrogens (tertiary/aromatic N) is 1. The van der Waals surface area contributed by atoms with E-state index >= 15 is 0 Å². The summed E-state index contributed by atoms with van der Waals surface area (Å²) in [5, 5.41) is 2.93. The second-order valence-electron chi connectivity index (χ2n) is 7.17. The zero-order valence-corrected chi connectivity index (χ0v) is 15.5. The molecule has 1 N–H and O–H groups in total. The number of hydrogen-bond donors (Lipinski definition) is 1. The van der Waals surface area contributed by atoms with Crippen molar-refractivity contribution in [3.8, 4) is 0 Å². The predicted molar refractivity (Wildman–Crippen MR) is 104 cm³/mol. The molecule has 0 aliphatic carbocycles. The minimum Gasteiger partial charge on any atom is -0.343 e. The molecule has 0 atom stereocenters. The van der Waals surface area contributed by atoms with Crippen LogP contribution in [0, 0.1) is 12.8 Å². The fourth-order valence-electron chi connectivity index (χ4n) is 3.42. The van der Waals surface area contributed by atoms with Crippen molar-refractivity contribution in [1.82, 2.24) is 4.90 Å². The van der Waals surface area contributed by atoms with E-state index in [4.69, 9.17) is 0 Å². The summed E-state index contributed by atoms with van der Waals surface area (Å²) in [7, 11) is 0. The van der Waals surface area contributed by atoms with Gasteiger partial charge in [0.25, 0.3) is 5.91 Å². The smallest absolute Gasteiger partial charge is 0.255 e. The van der Waals surface area contributed by atoms with Crippen LogP contribution in [-0.4, -0.2) is 29.8 Å². The van der Waals surface area contributed by atoms with Crippen molar-refractivity contribution < 1.29 is 9.59 Å². The summed E-state index contributed by atoms with van der Waals surface area (Å²) in [4.78, 5) is 25.7. The molecule has 0 saturated carbocycles. The van der Waals surface area contributed by atoms with Crippen LogP contribution >= 0.6 is 0 Å². The second-order valence-corrected chi connectivity index (χ2v) is 7.17. The zero-order chi connectivity index (χ0) is 18.5. The molecule has 1 fully saturated rings. The van der Waals surface area contributed by atoms with Crippen LogP contribution in [0.5, 0.6) is 0 Å². The van der Waals surface area contributed by atoms with Gasteiger partial charge in [0.15, 0.2) is 0 Å². The van der Waals surface area contributed by atoms with E-state index in [0.717, 1.165) is 38.0 Å². The van der Waals surface area contributed by atoms with Crippen molar-refractivity contribution in [2.45, 2.75) is 33.1 Å². The van der Waals surface area contributed by atoms with Crippen LogP contribution in [0.4, 0.5) is 5.69 Å². The molecule has 1 heterocycles. The molecule has 3 rings (SSSR count). The largest absolute Gasteiger partial charge is 0.343 e. The third-order valence-corrected chi connectivity index (χ3v) is 5.11. The van der Waals surface area contributed by atoms with E-state index in [9.17, 15) is 9.59 Å². The molecule has 26 heavy (non-hydrogen) atoms. The lowest BCUT2D eigenvalue weighted by Gasteiger charge is -2.31. The van der Waals surface area contributed by atoms with Gasteiger partial charge in [-0.1, -0.05) is 29.8 Å². The van der Waals surface area contributed by atoms with Gasteiger partial charge in [-0.2, -0.15) is 0 Å². The molecule has 1 saturated heterocycles. The van der Waals surface area contributed by atoms with Crippen LogP contribution < -0.4 is 5.32 Å². The van der Waals surface area contributed by atoms with Gasteiger partial charge < -0.3 is 10.2 Å². The van der Waals surface area contributed by atoms with E-state index in [2.05, 4.69) is 5.32 Å². The van der Waals surface area contributed by atoms with Crippen molar-refractivity contribution in [3.05, 3.63) is 65.2 Å². The minimum absolute atomic E-state index is 0.0878. The van der Waals surface area contributed by atoms with Crippen molar-refractivity contribution in [2.75, 3.05) is 18.4 Å². The summed E-state index contributed by atoms with van der Waals surface area (Å²) >= 11 is 0. The third kappa shape index (κ3) is 4.72. The number of hydrogen-bond acceptors (Lipinski definition) is 2. The fraction of sp³-hybridized carbons (Fsp3) is 0.364. The first-order valence-corrected chi connectivity index (χ1v) is 9.24. The van der Waals surface area contributed by atoms with Crippen LogP contribution in [0.3, 0.4) is 0 Å². The maximum Gasteiger partial charge on any atom is 0.255 e. The number of carbonyl (C=O) groups is 2.